The maximum atomic E-state index is 12.1. The Morgan fingerprint density at radius 1 is 1.50 bits per heavy atom. The van der Waals surface area contributed by atoms with Crippen molar-refractivity contribution in [3.05, 3.63) is 16.7 Å². The molecular weight excluding hydrogens is 258 g/mol. The number of hydrogen-bond donors (Lipinski definition) is 1. The Hall–Kier alpha value is -1.46. The van der Waals surface area contributed by atoms with Gasteiger partial charge < -0.3 is 19.9 Å². The van der Waals surface area contributed by atoms with Gasteiger partial charge in [0.2, 0.25) is 0 Å². The first-order valence-corrected chi connectivity index (χ1v) is 5.96. The van der Waals surface area contributed by atoms with Crippen molar-refractivity contribution in [1.82, 2.24) is 0 Å². The van der Waals surface area contributed by atoms with E-state index in [0.717, 1.165) is 0 Å². The molecule has 1 aromatic rings. The molecule has 2 rings (SSSR count). The van der Waals surface area contributed by atoms with Crippen molar-refractivity contribution < 1.29 is 19.0 Å². The Bertz CT molecular complexity index is 476. The molecule has 0 saturated carbocycles. The Morgan fingerprint density at radius 2 is 2.22 bits per heavy atom. The highest BCUT2D eigenvalue weighted by Crippen LogP contribution is 2.44. The zero-order valence-electron chi connectivity index (χ0n) is 9.99. The largest absolute Gasteiger partial charge is 0.495 e. The average Bonchev–Trinajstić information content (AvgIpc) is 2.38. The molecule has 5 nitrogen and oxygen atoms in total. The van der Waals surface area contributed by atoms with E-state index in [4.69, 9.17) is 31.5 Å². The minimum absolute atomic E-state index is 0.178. The van der Waals surface area contributed by atoms with Crippen LogP contribution in [0.15, 0.2) is 6.07 Å². The molecule has 1 aromatic carbocycles. The van der Waals surface area contributed by atoms with Crippen LogP contribution < -0.4 is 19.9 Å². The van der Waals surface area contributed by atoms with Crippen LogP contribution in [0.3, 0.4) is 0 Å². The molecular formula is C12H14ClNO4. The number of Topliss-reactive ketones (excluding diaryl/α,β-unsaturated/α-hetero) is 1. The molecule has 6 heteroatoms. The molecule has 1 aliphatic rings. The molecule has 0 bridgehead atoms. The van der Waals surface area contributed by atoms with Crippen LogP contribution >= 0.6 is 11.6 Å². The first-order valence-electron chi connectivity index (χ1n) is 5.58. The fourth-order valence-corrected chi connectivity index (χ4v) is 2.12. The Kier molecular flexibility index (Phi) is 3.93. The molecule has 0 amide bonds. The maximum absolute atomic E-state index is 12.1. The van der Waals surface area contributed by atoms with Crippen LogP contribution in [0.4, 0.5) is 0 Å². The van der Waals surface area contributed by atoms with Crippen LogP contribution in [0, 0.1) is 0 Å². The fraction of sp³-hybridized carbons (Fsp3) is 0.417. The number of carbonyl (C=O) groups excluding carboxylic acids is 1. The topological polar surface area (TPSA) is 70.8 Å². The average molecular weight is 272 g/mol. The van der Waals surface area contributed by atoms with Gasteiger partial charge in [-0.2, -0.15) is 0 Å². The highest BCUT2D eigenvalue weighted by molar-refractivity contribution is 6.36. The van der Waals surface area contributed by atoms with Gasteiger partial charge in [-0.1, -0.05) is 11.6 Å². The van der Waals surface area contributed by atoms with E-state index in [1.807, 2.05) is 0 Å². The summed E-state index contributed by atoms with van der Waals surface area (Å²) in [6.45, 7) is 1.07. The minimum atomic E-state index is -0.178. The van der Waals surface area contributed by atoms with Gasteiger partial charge in [0.05, 0.1) is 17.7 Å². The van der Waals surface area contributed by atoms with Gasteiger partial charge in [0.15, 0.2) is 17.3 Å². The van der Waals surface area contributed by atoms with Crippen LogP contribution in [-0.4, -0.2) is 32.7 Å². The van der Waals surface area contributed by atoms with Crippen molar-refractivity contribution in [3.63, 3.8) is 0 Å². The molecule has 0 radical (unpaired) electrons. The molecule has 18 heavy (non-hydrogen) atoms. The van der Waals surface area contributed by atoms with Crippen molar-refractivity contribution in [2.45, 2.75) is 6.42 Å². The lowest BCUT2D eigenvalue weighted by Gasteiger charge is -2.22. The number of ether oxygens (including phenoxy) is 3. The molecule has 0 spiro atoms. The molecule has 0 aliphatic carbocycles. The van der Waals surface area contributed by atoms with Gasteiger partial charge in [-0.25, -0.2) is 0 Å². The summed E-state index contributed by atoms with van der Waals surface area (Å²) in [6, 6.07) is 1.62. The number of nitrogens with two attached hydrogens (primary N) is 1. The summed E-state index contributed by atoms with van der Waals surface area (Å²) in [7, 11) is 1.48. The second kappa shape index (κ2) is 5.46. The number of fused-ring (bicyclic) bond motifs is 1. The van der Waals surface area contributed by atoms with Gasteiger partial charge in [0, 0.05) is 12.5 Å². The van der Waals surface area contributed by atoms with E-state index in [9.17, 15) is 4.79 Å². The molecule has 0 aromatic heterocycles. The summed E-state index contributed by atoms with van der Waals surface area (Å²) in [5.74, 6) is 1.07. The van der Waals surface area contributed by atoms with E-state index < -0.39 is 0 Å². The Morgan fingerprint density at radius 3 is 2.89 bits per heavy atom. The number of carbonyl (C=O) groups is 1. The third-order valence-electron chi connectivity index (χ3n) is 2.61. The van der Waals surface area contributed by atoms with Gasteiger partial charge in [-0.3, -0.25) is 4.79 Å². The summed E-state index contributed by atoms with van der Waals surface area (Å²) in [6.07, 6.45) is 0.197. The zero-order valence-corrected chi connectivity index (χ0v) is 10.8. The van der Waals surface area contributed by atoms with Crippen molar-refractivity contribution in [2.24, 2.45) is 5.73 Å². The molecule has 98 valence electrons. The summed E-state index contributed by atoms with van der Waals surface area (Å²) in [5.41, 5.74) is 5.68. The highest BCUT2D eigenvalue weighted by atomic mass is 35.5. The Balaban J connectivity index is 2.56. The molecule has 0 atom stereocenters. The molecule has 0 saturated heterocycles. The second-order valence-electron chi connectivity index (χ2n) is 3.75. The first kappa shape index (κ1) is 13.0. The van der Waals surface area contributed by atoms with Crippen molar-refractivity contribution in [2.75, 3.05) is 26.9 Å². The molecule has 1 aliphatic heterocycles. The predicted octanol–water partition coefficient (Wildman–Crippen LogP) is 1.65. The molecule has 2 N–H and O–H groups in total. The zero-order chi connectivity index (χ0) is 13.1. The summed E-state index contributed by atoms with van der Waals surface area (Å²) in [5, 5.41) is 0.236. The summed E-state index contributed by atoms with van der Waals surface area (Å²) >= 11 is 6.15. The van der Waals surface area contributed by atoms with Crippen LogP contribution in [0.5, 0.6) is 17.2 Å². The second-order valence-corrected chi connectivity index (χ2v) is 4.13. The molecule has 0 unspecified atom stereocenters. The number of ketones is 1. The third-order valence-corrected chi connectivity index (χ3v) is 2.98. The van der Waals surface area contributed by atoms with Crippen LogP contribution in [0.1, 0.15) is 16.8 Å². The number of rotatable bonds is 4. The van der Waals surface area contributed by atoms with Gasteiger partial charge in [0.25, 0.3) is 0 Å². The van der Waals surface area contributed by atoms with Crippen molar-refractivity contribution in [3.8, 4) is 17.2 Å². The maximum Gasteiger partial charge on any atom is 0.173 e. The number of hydrogen-bond acceptors (Lipinski definition) is 5. The lowest BCUT2D eigenvalue weighted by Crippen LogP contribution is -2.19. The lowest BCUT2D eigenvalue weighted by molar-refractivity contribution is 0.0974. The van der Waals surface area contributed by atoms with Crippen molar-refractivity contribution >= 4 is 17.4 Å². The summed E-state index contributed by atoms with van der Waals surface area (Å²) < 4.78 is 16.0. The van der Waals surface area contributed by atoms with Crippen LogP contribution in [-0.2, 0) is 0 Å². The fourth-order valence-electron chi connectivity index (χ4n) is 1.79. The standard InChI is InChI=1S/C12H14ClNO4/c1-16-8-6-9-12(18-5-4-17-9)10(11(8)13)7(15)2-3-14/h6H,2-5,14H2,1H3. The van der Waals surface area contributed by atoms with E-state index in [-0.39, 0.29) is 29.3 Å². The number of halogens is 1. The van der Waals surface area contributed by atoms with E-state index >= 15 is 0 Å². The first-order chi connectivity index (χ1) is 8.69. The van der Waals surface area contributed by atoms with E-state index in [2.05, 4.69) is 0 Å². The van der Waals surface area contributed by atoms with Gasteiger partial charge in [-0.05, 0) is 6.54 Å². The normalized spacial score (nSPS) is 13.3. The quantitative estimate of drug-likeness (QED) is 0.843. The molecule has 0 fully saturated rings. The summed E-state index contributed by atoms with van der Waals surface area (Å²) in [4.78, 5) is 12.1. The van der Waals surface area contributed by atoms with E-state index in [1.54, 1.807) is 6.07 Å². The number of benzene rings is 1. The third kappa shape index (κ3) is 2.23. The van der Waals surface area contributed by atoms with Gasteiger partial charge >= 0.3 is 0 Å². The van der Waals surface area contributed by atoms with Crippen LogP contribution in [0.2, 0.25) is 5.02 Å². The predicted molar refractivity (Wildman–Crippen MR) is 67.0 cm³/mol. The smallest absolute Gasteiger partial charge is 0.173 e. The van der Waals surface area contributed by atoms with Gasteiger partial charge in [-0.15, -0.1) is 0 Å². The van der Waals surface area contributed by atoms with E-state index in [0.29, 0.717) is 30.5 Å². The van der Waals surface area contributed by atoms with Gasteiger partial charge in [0.1, 0.15) is 19.0 Å². The monoisotopic (exact) mass is 271 g/mol. The number of methoxy groups -OCH3 is 1. The van der Waals surface area contributed by atoms with Crippen molar-refractivity contribution in [1.29, 1.82) is 0 Å². The highest BCUT2D eigenvalue weighted by Gasteiger charge is 2.26. The minimum Gasteiger partial charge on any atom is -0.495 e. The SMILES string of the molecule is COc1cc2c(c(C(=O)CCN)c1Cl)OCCO2. The lowest BCUT2D eigenvalue weighted by atomic mass is 10.1. The van der Waals surface area contributed by atoms with E-state index in [1.165, 1.54) is 7.11 Å². The van der Waals surface area contributed by atoms with Crippen LogP contribution in [0.25, 0.3) is 0 Å². The Labute approximate surface area is 110 Å². The molecule has 1 heterocycles.